The van der Waals surface area contributed by atoms with Crippen molar-refractivity contribution in [1.29, 1.82) is 0 Å². The molecule has 0 aliphatic heterocycles. The maximum absolute atomic E-state index is 8.58. The Labute approximate surface area is 68.2 Å². The van der Waals surface area contributed by atoms with E-state index in [4.69, 9.17) is 10.0 Å². The summed E-state index contributed by atoms with van der Waals surface area (Å²) < 4.78 is 0. The molecular weight excluding hydrogens is 138 g/mol. The fraction of sp³-hybridized carbons (Fsp3) is 0.286. The molecule has 0 radical (unpaired) electrons. The maximum atomic E-state index is 8.58. The van der Waals surface area contributed by atoms with Crippen molar-refractivity contribution in [3.63, 3.8) is 0 Å². The first kappa shape index (κ1) is 10.4. The summed E-state index contributed by atoms with van der Waals surface area (Å²) in [5, 5.41) is 17.2. The minimum atomic E-state index is -1.34. The normalized spacial score (nSPS) is 7.64. The van der Waals surface area contributed by atoms with E-state index in [0.717, 1.165) is 0 Å². The summed E-state index contributed by atoms with van der Waals surface area (Å²) in [5.74, 6) is 3.48. The molecule has 0 unspecified atom stereocenters. The van der Waals surface area contributed by atoms with E-state index < -0.39 is 7.12 Å². The molecule has 0 amide bonds. The fourth-order valence-electron chi connectivity index (χ4n) is 0.625. The molecule has 11 heavy (non-hydrogen) atoms. The van der Waals surface area contributed by atoms with Crippen LogP contribution in [0.1, 0.15) is 13.8 Å². The zero-order valence-electron chi connectivity index (χ0n) is 6.86. The molecule has 0 saturated carbocycles. The number of hydrogen-bond donors (Lipinski definition) is 2. The summed E-state index contributed by atoms with van der Waals surface area (Å²) in [4.78, 5) is 0. The first-order valence-corrected chi connectivity index (χ1v) is 3.72. The van der Waals surface area contributed by atoms with Crippen molar-refractivity contribution in [3.05, 3.63) is 24.1 Å². The third kappa shape index (κ3) is 3.96. The molecule has 58 valence electrons. The average Bonchev–Trinajstić information content (AvgIpc) is 2.10. The van der Waals surface area contributed by atoms with E-state index in [9.17, 15) is 0 Å². The summed E-state index contributed by atoms with van der Waals surface area (Å²) in [5.41, 5.74) is 0.525. The zero-order chi connectivity index (χ0) is 8.69. The van der Waals surface area contributed by atoms with Gasteiger partial charge in [0.15, 0.2) is 0 Å². The second-order valence-electron chi connectivity index (χ2n) is 1.78. The van der Waals surface area contributed by atoms with Crippen LogP contribution in [0.15, 0.2) is 24.1 Å². The fourth-order valence-corrected chi connectivity index (χ4v) is 0.625. The monoisotopic (exact) mass is 150 g/mol. The summed E-state index contributed by atoms with van der Waals surface area (Å²) in [6, 6.07) is 3.42. The topological polar surface area (TPSA) is 40.5 Å². The Hall–Kier alpha value is -0.600. The zero-order valence-corrected chi connectivity index (χ0v) is 6.86. The van der Waals surface area contributed by atoms with E-state index in [-0.39, 0.29) is 0 Å². The van der Waals surface area contributed by atoms with Crippen LogP contribution in [0.2, 0.25) is 0 Å². The Morgan fingerprint density at radius 1 is 1.36 bits per heavy atom. The molecule has 1 heterocycles. The van der Waals surface area contributed by atoms with Crippen LogP contribution in [-0.4, -0.2) is 24.1 Å². The third-order valence-electron chi connectivity index (χ3n) is 1.10. The predicted octanol–water partition coefficient (Wildman–Crippen LogP) is -0.269. The quantitative estimate of drug-likeness (QED) is 0.540. The van der Waals surface area contributed by atoms with Crippen molar-refractivity contribution in [2.45, 2.75) is 13.8 Å². The molecule has 0 spiro atoms. The van der Waals surface area contributed by atoms with Gasteiger partial charge >= 0.3 is 53.6 Å². The molecule has 0 aliphatic carbocycles. The van der Waals surface area contributed by atoms with Gasteiger partial charge in [0, 0.05) is 0 Å². The SMILES string of the molecule is CC.OB(O)c1cbccc1. The number of rotatable bonds is 1. The number of hydrogen-bond acceptors (Lipinski definition) is 2. The molecule has 1 aromatic rings. The molecule has 0 saturated heterocycles. The van der Waals surface area contributed by atoms with Crippen molar-refractivity contribution >= 4 is 19.5 Å². The second kappa shape index (κ2) is 6.13. The molecule has 0 bridgehead atoms. The van der Waals surface area contributed by atoms with Gasteiger partial charge in [-0.25, -0.2) is 0 Å². The molecule has 0 aliphatic rings. The summed E-state index contributed by atoms with van der Waals surface area (Å²) in [6.07, 6.45) is 0. The molecule has 4 heteroatoms. The van der Waals surface area contributed by atoms with Crippen molar-refractivity contribution in [2.24, 2.45) is 0 Å². The van der Waals surface area contributed by atoms with Crippen LogP contribution in [0, 0.1) is 0 Å². The average molecular weight is 150 g/mol. The van der Waals surface area contributed by atoms with Crippen molar-refractivity contribution in [3.8, 4) is 0 Å². The van der Waals surface area contributed by atoms with Crippen LogP contribution in [0.3, 0.4) is 0 Å². The van der Waals surface area contributed by atoms with Gasteiger partial charge in [0.2, 0.25) is 0 Å². The molecule has 2 nitrogen and oxygen atoms in total. The van der Waals surface area contributed by atoms with Crippen molar-refractivity contribution < 1.29 is 10.0 Å². The van der Waals surface area contributed by atoms with Gasteiger partial charge in [0.25, 0.3) is 0 Å². The first-order chi connectivity index (χ1) is 5.30. The molecule has 0 aromatic carbocycles. The van der Waals surface area contributed by atoms with Gasteiger partial charge in [0.1, 0.15) is 0 Å². The Morgan fingerprint density at radius 2 is 2.00 bits per heavy atom. The Balaban J connectivity index is 0.000000461. The Bertz CT molecular complexity index is 177. The van der Waals surface area contributed by atoms with E-state index in [2.05, 4.69) is 0 Å². The van der Waals surface area contributed by atoms with E-state index in [1.165, 1.54) is 0 Å². The van der Waals surface area contributed by atoms with Crippen LogP contribution < -0.4 is 5.46 Å². The van der Waals surface area contributed by atoms with Gasteiger partial charge in [-0.05, 0) is 0 Å². The molecule has 2 N–H and O–H groups in total. The summed E-state index contributed by atoms with van der Waals surface area (Å²) >= 11 is 0. The van der Waals surface area contributed by atoms with E-state index in [0.29, 0.717) is 5.46 Å². The molecular formula is C7H12B2O2. The van der Waals surface area contributed by atoms with Gasteiger partial charge in [-0.15, -0.1) is 0 Å². The summed E-state index contributed by atoms with van der Waals surface area (Å²) in [6.45, 7) is 5.76. The van der Waals surface area contributed by atoms with E-state index >= 15 is 0 Å². The molecule has 1 aromatic heterocycles. The van der Waals surface area contributed by atoms with Crippen LogP contribution in [0.25, 0.3) is 0 Å². The van der Waals surface area contributed by atoms with Crippen molar-refractivity contribution in [2.75, 3.05) is 0 Å². The van der Waals surface area contributed by atoms with Gasteiger partial charge in [-0.2, -0.15) is 0 Å². The Morgan fingerprint density at radius 3 is 2.27 bits per heavy atom. The minimum absolute atomic E-state index is 0.525. The first-order valence-electron chi connectivity index (χ1n) is 3.72. The van der Waals surface area contributed by atoms with Gasteiger partial charge in [0.05, 0.1) is 0 Å². The molecule has 0 atom stereocenters. The Kier molecular flexibility index (Phi) is 5.80. The van der Waals surface area contributed by atoms with Crippen LogP contribution in [0.5, 0.6) is 0 Å². The van der Waals surface area contributed by atoms with Gasteiger partial charge in [-0.1, -0.05) is 13.8 Å². The van der Waals surface area contributed by atoms with E-state index in [1.807, 2.05) is 19.8 Å². The van der Waals surface area contributed by atoms with Crippen LogP contribution >= 0.6 is 0 Å². The van der Waals surface area contributed by atoms with Crippen LogP contribution in [-0.2, 0) is 0 Å². The van der Waals surface area contributed by atoms with Gasteiger partial charge in [-0.3, -0.25) is 0 Å². The standard InChI is InChI=1S/C5H6B2O2.C2H6/c8-7(9)5-2-1-3-6-4-5;1-2/h1-4,8-9H;1-2H3. The molecule has 1 rings (SSSR count). The van der Waals surface area contributed by atoms with Crippen LogP contribution in [0.4, 0.5) is 0 Å². The second-order valence-corrected chi connectivity index (χ2v) is 1.78. The molecule has 0 fully saturated rings. The third-order valence-corrected chi connectivity index (χ3v) is 1.10. The predicted molar refractivity (Wildman–Crippen MR) is 49.0 cm³/mol. The van der Waals surface area contributed by atoms with Crippen molar-refractivity contribution in [1.82, 2.24) is 0 Å². The van der Waals surface area contributed by atoms with E-state index in [1.54, 1.807) is 25.0 Å². The van der Waals surface area contributed by atoms with Gasteiger partial charge < -0.3 is 0 Å². The summed E-state index contributed by atoms with van der Waals surface area (Å²) in [7, 11) is -1.34.